The van der Waals surface area contributed by atoms with E-state index in [1.165, 1.54) is 7.11 Å². The van der Waals surface area contributed by atoms with Gasteiger partial charge in [0.2, 0.25) is 0 Å². The molecule has 0 aliphatic carbocycles. The molecule has 1 aromatic heterocycles. The number of aromatic nitrogens is 1. The Kier molecular flexibility index (Phi) is 3.93. The number of nitrogen functional groups attached to an aromatic ring is 1. The Balaban J connectivity index is 3.21. The van der Waals surface area contributed by atoms with Crippen LogP contribution in [0.25, 0.3) is 0 Å². The second-order valence-corrected chi connectivity index (χ2v) is 3.11. The van der Waals surface area contributed by atoms with Crippen LogP contribution >= 0.6 is 0 Å². The lowest BCUT2D eigenvalue weighted by molar-refractivity contribution is -0.139. The average molecular weight is 241 g/mol. The second kappa shape index (κ2) is 5.21. The maximum Gasteiger partial charge on any atom is 0.311 e. The van der Waals surface area contributed by atoms with Crippen LogP contribution in [-0.4, -0.2) is 18.1 Å². The third kappa shape index (κ3) is 2.66. The molecular formula is C10H9F2N3O2. The van der Waals surface area contributed by atoms with Crippen LogP contribution in [0.3, 0.4) is 0 Å². The van der Waals surface area contributed by atoms with Crippen LogP contribution in [0.1, 0.15) is 23.2 Å². The number of nitriles is 1. The topological polar surface area (TPSA) is 89.0 Å². The van der Waals surface area contributed by atoms with Gasteiger partial charge in [0.1, 0.15) is 6.07 Å². The number of hydrogen-bond acceptors (Lipinski definition) is 5. The molecule has 1 aromatic rings. The summed E-state index contributed by atoms with van der Waals surface area (Å²) in [6.07, 6.45) is -2.26. The van der Waals surface area contributed by atoms with Gasteiger partial charge in [-0.2, -0.15) is 5.26 Å². The number of anilines is 1. The number of nitrogens with zero attached hydrogens (tertiary/aromatic N) is 2. The number of alkyl halides is 2. The minimum absolute atomic E-state index is 0.0535. The molecule has 0 aromatic carbocycles. The van der Waals surface area contributed by atoms with Gasteiger partial charge in [-0.05, 0) is 0 Å². The number of rotatable bonds is 3. The maximum atomic E-state index is 12.5. The SMILES string of the molecule is COC(=O)Cc1ncc(C(F)F)c(C#N)c1N. The fourth-order valence-electron chi connectivity index (χ4n) is 1.22. The van der Waals surface area contributed by atoms with Crippen molar-refractivity contribution in [2.24, 2.45) is 0 Å². The van der Waals surface area contributed by atoms with Crippen molar-refractivity contribution in [3.05, 3.63) is 23.0 Å². The minimum Gasteiger partial charge on any atom is -0.469 e. The van der Waals surface area contributed by atoms with E-state index in [4.69, 9.17) is 11.0 Å². The summed E-state index contributed by atoms with van der Waals surface area (Å²) in [5.41, 5.74) is 4.45. The molecule has 0 aliphatic heterocycles. The molecule has 0 amide bonds. The van der Waals surface area contributed by atoms with Crippen LogP contribution in [-0.2, 0) is 16.0 Å². The molecule has 7 heteroatoms. The van der Waals surface area contributed by atoms with Crippen LogP contribution in [0.4, 0.5) is 14.5 Å². The Morgan fingerprint density at radius 3 is 2.82 bits per heavy atom. The predicted molar refractivity (Wildman–Crippen MR) is 54.0 cm³/mol. The van der Waals surface area contributed by atoms with E-state index < -0.39 is 18.0 Å². The van der Waals surface area contributed by atoms with E-state index >= 15 is 0 Å². The molecule has 0 bridgehead atoms. The first-order valence-electron chi connectivity index (χ1n) is 4.53. The lowest BCUT2D eigenvalue weighted by Crippen LogP contribution is -2.11. The van der Waals surface area contributed by atoms with Gasteiger partial charge >= 0.3 is 5.97 Å². The van der Waals surface area contributed by atoms with Gasteiger partial charge in [-0.1, -0.05) is 0 Å². The molecule has 1 rings (SSSR count). The molecule has 0 spiro atoms. The second-order valence-electron chi connectivity index (χ2n) is 3.11. The van der Waals surface area contributed by atoms with Gasteiger partial charge in [-0.25, -0.2) is 8.78 Å². The summed E-state index contributed by atoms with van der Waals surface area (Å²) in [6.45, 7) is 0. The first kappa shape index (κ1) is 12.8. The molecule has 0 fully saturated rings. The van der Waals surface area contributed by atoms with E-state index in [9.17, 15) is 13.6 Å². The third-order valence-electron chi connectivity index (χ3n) is 2.11. The third-order valence-corrected chi connectivity index (χ3v) is 2.11. The fraction of sp³-hybridized carbons (Fsp3) is 0.300. The summed E-state index contributed by atoms with van der Waals surface area (Å²) < 4.78 is 29.4. The first-order chi connectivity index (χ1) is 8.01. The molecule has 0 saturated heterocycles. The van der Waals surface area contributed by atoms with Crippen LogP contribution in [0.5, 0.6) is 0 Å². The van der Waals surface area contributed by atoms with Crippen molar-refractivity contribution in [1.82, 2.24) is 4.98 Å². The number of hydrogen-bond donors (Lipinski definition) is 1. The first-order valence-corrected chi connectivity index (χ1v) is 4.53. The number of halogens is 2. The Labute approximate surface area is 95.8 Å². The van der Waals surface area contributed by atoms with Gasteiger partial charge in [-0.3, -0.25) is 9.78 Å². The van der Waals surface area contributed by atoms with Gasteiger partial charge in [0.25, 0.3) is 6.43 Å². The summed E-state index contributed by atoms with van der Waals surface area (Å²) in [4.78, 5) is 14.6. The number of carbonyl (C=O) groups excluding carboxylic acids is 1. The molecule has 0 radical (unpaired) electrons. The van der Waals surface area contributed by atoms with Crippen molar-refractivity contribution < 1.29 is 18.3 Å². The molecule has 90 valence electrons. The number of carbonyl (C=O) groups is 1. The van der Waals surface area contributed by atoms with E-state index in [0.717, 1.165) is 6.20 Å². The molecule has 0 unspecified atom stereocenters. The highest BCUT2D eigenvalue weighted by atomic mass is 19.3. The fourth-order valence-corrected chi connectivity index (χ4v) is 1.22. The van der Waals surface area contributed by atoms with Gasteiger partial charge in [0.05, 0.1) is 36.0 Å². The zero-order chi connectivity index (χ0) is 13.0. The zero-order valence-corrected chi connectivity index (χ0v) is 8.91. The Morgan fingerprint density at radius 2 is 2.35 bits per heavy atom. The van der Waals surface area contributed by atoms with E-state index in [0.29, 0.717) is 0 Å². The van der Waals surface area contributed by atoms with E-state index in [2.05, 4.69) is 9.72 Å². The van der Waals surface area contributed by atoms with Crippen LogP contribution in [0, 0.1) is 11.3 Å². The Hall–Kier alpha value is -2.23. The normalized spacial score (nSPS) is 10.1. The molecule has 1 heterocycles. The molecule has 17 heavy (non-hydrogen) atoms. The minimum atomic E-state index is -2.84. The zero-order valence-electron chi connectivity index (χ0n) is 8.91. The number of methoxy groups -OCH3 is 1. The maximum absolute atomic E-state index is 12.5. The van der Waals surface area contributed by atoms with Crippen molar-refractivity contribution in [3.8, 4) is 6.07 Å². The van der Waals surface area contributed by atoms with E-state index in [-0.39, 0.29) is 23.4 Å². The molecule has 0 atom stereocenters. The molecular weight excluding hydrogens is 232 g/mol. The largest absolute Gasteiger partial charge is 0.469 e. The summed E-state index contributed by atoms with van der Waals surface area (Å²) in [5, 5.41) is 8.76. The van der Waals surface area contributed by atoms with Crippen molar-refractivity contribution in [2.45, 2.75) is 12.8 Å². The summed E-state index contributed by atoms with van der Waals surface area (Å²) >= 11 is 0. The van der Waals surface area contributed by atoms with Gasteiger partial charge in [0.15, 0.2) is 0 Å². The lowest BCUT2D eigenvalue weighted by Gasteiger charge is -2.09. The van der Waals surface area contributed by atoms with E-state index in [1.54, 1.807) is 6.07 Å². The molecule has 5 nitrogen and oxygen atoms in total. The number of pyridine rings is 1. The summed E-state index contributed by atoms with van der Waals surface area (Å²) in [6, 6.07) is 1.58. The van der Waals surface area contributed by atoms with Crippen LogP contribution in [0.2, 0.25) is 0 Å². The standard InChI is InChI=1S/C10H9F2N3O2/c1-17-8(16)2-7-9(14)5(3-13)6(4-15-7)10(11)12/h4,10H,2,14H2,1H3. The highest BCUT2D eigenvalue weighted by molar-refractivity contribution is 5.75. The Bertz CT molecular complexity index is 483. The number of nitrogens with two attached hydrogens (primary N) is 1. The van der Waals surface area contributed by atoms with Crippen LogP contribution in [0.15, 0.2) is 6.20 Å². The quantitative estimate of drug-likeness (QED) is 0.803. The molecule has 0 aliphatic rings. The molecule has 2 N–H and O–H groups in total. The van der Waals surface area contributed by atoms with Gasteiger partial charge in [-0.15, -0.1) is 0 Å². The smallest absolute Gasteiger partial charge is 0.311 e. The van der Waals surface area contributed by atoms with Gasteiger partial charge < -0.3 is 10.5 Å². The Morgan fingerprint density at radius 1 is 1.71 bits per heavy atom. The lowest BCUT2D eigenvalue weighted by atomic mass is 10.1. The number of esters is 1. The number of ether oxygens (including phenoxy) is 1. The molecule has 0 saturated carbocycles. The monoisotopic (exact) mass is 241 g/mol. The van der Waals surface area contributed by atoms with Crippen molar-refractivity contribution >= 4 is 11.7 Å². The highest BCUT2D eigenvalue weighted by Gasteiger charge is 2.20. The summed E-state index contributed by atoms with van der Waals surface area (Å²) in [7, 11) is 1.18. The predicted octanol–water partition coefficient (Wildman–Crippen LogP) is 1.19. The van der Waals surface area contributed by atoms with Crippen molar-refractivity contribution in [3.63, 3.8) is 0 Å². The van der Waals surface area contributed by atoms with Crippen molar-refractivity contribution in [2.75, 3.05) is 12.8 Å². The van der Waals surface area contributed by atoms with Crippen LogP contribution < -0.4 is 5.73 Å². The highest BCUT2D eigenvalue weighted by Crippen LogP contribution is 2.27. The van der Waals surface area contributed by atoms with E-state index in [1.807, 2.05) is 0 Å². The summed E-state index contributed by atoms with van der Waals surface area (Å²) in [5.74, 6) is -0.613. The average Bonchev–Trinajstić information content (AvgIpc) is 2.30. The van der Waals surface area contributed by atoms with Crippen molar-refractivity contribution in [1.29, 1.82) is 5.26 Å². The van der Waals surface area contributed by atoms with Gasteiger partial charge in [0, 0.05) is 6.20 Å².